The van der Waals surface area contributed by atoms with E-state index in [1.807, 2.05) is 12.1 Å². The summed E-state index contributed by atoms with van der Waals surface area (Å²) in [5.74, 6) is 1.34. The highest BCUT2D eigenvalue weighted by atomic mass is 16.5. The Bertz CT molecular complexity index is 377. The smallest absolute Gasteiger partial charge is 0.239 e. The molecule has 18 heavy (non-hydrogen) atoms. The largest absolute Gasteiger partial charge is 0.476 e. The van der Waals surface area contributed by atoms with Gasteiger partial charge in [0.05, 0.1) is 12.3 Å². The Morgan fingerprint density at radius 3 is 2.67 bits per heavy atom. The molecule has 0 aliphatic carbocycles. The molecule has 0 spiro atoms. The van der Waals surface area contributed by atoms with Crippen molar-refractivity contribution in [3.8, 4) is 5.88 Å². The van der Waals surface area contributed by atoms with Gasteiger partial charge in [-0.2, -0.15) is 4.98 Å². The van der Waals surface area contributed by atoms with Crippen LogP contribution in [0.2, 0.25) is 0 Å². The molecule has 0 atom stereocenters. The number of hydrogen-bond acceptors (Lipinski definition) is 4. The molecule has 0 saturated carbocycles. The molecule has 4 nitrogen and oxygen atoms in total. The number of nitrogens with one attached hydrogen (secondary N) is 1. The van der Waals surface area contributed by atoms with E-state index in [-0.39, 0.29) is 5.41 Å². The van der Waals surface area contributed by atoms with Crippen LogP contribution in [-0.4, -0.2) is 18.1 Å². The molecule has 102 valence electrons. The molecule has 1 aromatic rings. The van der Waals surface area contributed by atoms with Crippen molar-refractivity contribution in [2.75, 3.05) is 24.2 Å². The van der Waals surface area contributed by atoms with Gasteiger partial charge >= 0.3 is 0 Å². The molecule has 0 unspecified atom stereocenters. The van der Waals surface area contributed by atoms with Crippen molar-refractivity contribution in [2.45, 2.75) is 40.5 Å². The molecule has 1 aromatic heterocycles. The molecule has 0 amide bonds. The van der Waals surface area contributed by atoms with Crippen LogP contribution < -0.4 is 15.8 Å². The van der Waals surface area contributed by atoms with Crippen molar-refractivity contribution in [3.05, 3.63) is 12.1 Å². The van der Waals surface area contributed by atoms with Crippen LogP contribution in [0.15, 0.2) is 12.1 Å². The first kappa shape index (κ1) is 14.6. The van der Waals surface area contributed by atoms with Gasteiger partial charge in [-0.15, -0.1) is 0 Å². The van der Waals surface area contributed by atoms with E-state index in [4.69, 9.17) is 10.5 Å². The second-order valence-corrected chi connectivity index (χ2v) is 5.31. The van der Waals surface area contributed by atoms with Crippen LogP contribution >= 0.6 is 0 Å². The van der Waals surface area contributed by atoms with Gasteiger partial charge in [0.15, 0.2) is 0 Å². The van der Waals surface area contributed by atoms with Gasteiger partial charge in [0.2, 0.25) is 5.88 Å². The van der Waals surface area contributed by atoms with E-state index in [0.717, 1.165) is 25.2 Å². The zero-order valence-corrected chi connectivity index (χ0v) is 11.9. The fraction of sp³-hybridized carbons (Fsp3) is 0.643. The minimum Gasteiger partial charge on any atom is -0.476 e. The monoisotopic (exact) mass is 251 g/mol. The fourth-order valence-corrected chi connectivity index (χ4v) is 1.32. The van der Waals surface area contributed by atoms with Gasteiger partial charge in [-0.3, -0.25) is 0 Å². The molecule has 0 aliphatic rings. The molecule has 0 bridgehead atoms. The van der Waals surface area contributed by atoms with Crippen LogP contribution in [0.3, 0.4) is 0 Å². The SMILES string of the molecule is CCCOc1nc(NCC(C)(C)CC)ccc1N. The quantitative estimate of drug-likeness (QED) is 0.780. The van der Waals surface area contributed by atoms with Crippen molar-refractivity contribution in [1.82, 2.24) is 4.98 Å². The number of nitrogen functional groups attached to an aromatic ring is 1. The van der Waals surface area contributed by atoms with E-state index in [9.17, 15) is 0 Å². The number of nitrogens with zero attached hydrogens (tertiary/aromatic N) is 1. The van der Waals surface area contributed by atoms with Crippen molar-refractivity contribution in [3.63, 3.8) is 0 Å². The molecule has 0 fully saturated rings. The number of hydrogen-bond donors (Lipinski definition) is 2. The third kappa shape index (κ3) is 4.43. The molecule has 3 N–H and O–H groups in total. The van der Waals surface area contributed by atoms with Gasteiger partial charge in [0.25, 0.3) is 0 Å². The molecule has 0 saturated heterocycles. The van der Waals surface area contributed by atoms with Gasteiger partial charge < -0.3 is 15.8 Å². The second-order valence-electron chi connectivity index (χ2n) is 5.31. The van der Waals surface area contributed by atoms with Gasteiger partial charge in [-0.05, 0) is 30.4 Å². The van der Waals surface area contributed by atoms with Gasteiger partial charge in [0, 0.05) is 6.54 Å². The number of anilines is 2. The molecular weight excluding hydrogens is 226 g/mol. The van der Waals surface area contributed by atoms with E-state index in [1.165, 1.54) is 0 Å². The van der Waals surface area contributed by atoms with Crippen molar-refractivity contribution in [1.29, 1.82) is 0 Å². The fourth-order valence-electron chi connectivity index (χ4n) is 1.32. The van der Waals surface area contributed by atoms with E-state index in [1.54, 1.807) is 0 Å². The molecule has 0 radical (unpaired) electrons. The van der Waals surface area contributed by atoms with Crippen LogP contribution in [0.4, 0.5) is 11.5 Å². The molecule has 1 rings (SSSR count). The molecule has 4 heteroatoms. The maximum absolute atomic E-state index is 5.82. The van der Waals surface area contributed by atoms with Crippen LogP contribution in [0.5, 0.6) is 5.88 Å². The Kier molecular flexibility index (Phi) is 5.25. The lowest BCUT2D eigenvalue weighted by Gasteiger charge is -2.23. The summed E-state index contributed by atoms with van der Waals surface area (Å²) in [6.07, 6.45) is 2.07. The first-order valence-corrected chi connectivity index (χ1v) is 6.61. The summed E-state index contributed by atoms with van der Waals surface area (Å²) in [6, 6.07) is 3.72. The molecular formula is C14H25N3O. The van der Waals surface area contributed by atoms with E-state index < -0.39 is 0 Å². The highest BCUT2D eigenvalue weighted by Gasteiger charge is 2.15. The molecule has 0 aliphatic heterocycles. The lowest BCUT2D eigenvalue weighted by Crippen LogP contribution is -2.22. The Hall–Kier alpha value is -1.45. The highest BCUT2D eigenvalue weighted by molar-refractivity contribution is 5.53. The first-order valence-electron chi connectivity index (χ1n) is 6.61. The normalized spacial score (nSPS) is 11.3. The topological polar surface area (TPSA) is 60.2 Å². The predicted molar refractivity (Wildman–Crippen MR) is 77.0 cm³/mol. The average molecular weight is 251 g/mol. The molecule has 1 heterocycles. The third-order valence-corrected chi connectivity index (χ3v) is 3.04. The van der Waals surface area contributed by atoms with Crippen molar-refractivity contribution < 1.29 is 4.74 Å². The van der Waals surface area contributed by atoms with Gasteiger partial charge in [-0.25, -0.2) is 0 Å². The summed E-state index contributed by atoms with van der Waals surface area (Å²) in [4.78, 5) is 4.39. The average Bonchev–Trinajstić information content (AvgIpc) is 2.36. The highest BCUT2D eigenvalue weighted by Crippen LogP contribution is 2.23. The number of ether oxygens (including phenoxy) is 1. The maximum atomic E-state index is 5.82. The van der Waals surface area contributed by atoms with E-state index in [2.05, 4.69) is 38.0 Å². The van der Waals surface area contributed by atoms with Crippen molar-refractivity contribution >= 4 is 11.5 Å². The van der Waals surface area contributed by atoms with Crippen LogP contribution in [0.25, 0.3) is 0 Å². The second kappa shape index (κ2) is 6.47. The lowest BCUT2D eigenvalue weighted by molar-refractivity contribution is 0.307. The Morgan fingerprint density at radius 1 is 1.33 bits per heavy atom. The van der Waals surface area contributed by atoms with Gasteiger partial charge in [0.1, 0.15) is 5.82 Å². The van der Waals surface area contributed by atoms with Gasteiger partial charge in [-0.1, -0.05) is 27.7 Å². The van der Waals surface area contributed by atoms with Crippen LogP contribution in [0.1, 0.15) is 40.5 Å². The zero-order chi connectivity index (χ0) is 13.6. The van der Waals surface area contributed by atoms with Crippen molar-refractivity contribution in [2.24, 2.45) is 5.41 Å². The third-order valence-electron chi connectivity index (χ3n) is 3.04. The molecule has 0 aromatic carbocycles. The Morgan fingerprint density at radius 2 is 2.06 bits per heavy atom. The minimum absolute atomic E-state index is 0.257. The van der Waals surface area contributed by atoms with E-state index >= 15 is 0 Å². The zero-order valence-electron chi connectivity index (χ0n) is 11.9. The standard InChI is InChI=1S/C14H25N3O/c1-5-9-18-13-11(15)7-8-12(17-13)16-10-14(3,4)6-2/h7-8H,5-6,9-10,15H2,1-4H3,(H,16,17). The lowest BCUT2D eigenvalue weighted by atomic mass is 9.90. The van der Waals surface area contributed by atoms with Crippen LogP contribution in [0, 0.1) is 5.41 Å². The number of rotatable bonds is 7. The number of pyridine rings is 1. The summed E-state index contributed by atoms with van der Waals surface area (Å²) in [5.41, 5.74) is 6.67. The van der Waals surface area contributed by atoms with E-state index in [0.29, 0.717) is 18.2 Å². The number of nitrogens with two attached hydrogens (primary N) is 1. The maximum Gasteiger partial charge on any atom is 0.239 e. The summed E-state index contributed by atoms with van der Waals surface area (Å²) >= 11 is 0. The number of aromatic nitrogens is 1. The Balaban J connectivity index is 2.67. The predicted octanol–water partition coefficient (Wildman–Crippen LogP) is 3.30. The Labute approximate surface area is 110 Å². The summed E-state index contributed by atoms with van der Waals surface area (Å²) in [6.45, 7) is 10.2. The summed E-state index contributed by atoms with van der Waals surface area (Å²) in [7, 11) is 0. The van der Waals surface area contributed by atoms with Crippen LogP contribution in [-0.2, 0) is 0 Å². The minimum atomic E-state index is 0.257. The first-order chi connectivity index (χ1) is 8.48. The summed E-state index contributed by atoms with van der Waals surface area (Å²) in [5, 5.41) is 3.33. The summed E-state index contributed by atoms with van der Waals surface area (Å²) < 4.78 is 5.51.